The first-order valence-electron chi connectivity index (χ1n) is 6.61. The molecule has 108 valence electrons. The van der Waals surface area contributed by atoms with Gasteiger partial charge in [0.15, 0.2) is 0 Å². The Morgan fingerprint density at radius 1 is 1.16 bits per heavy atom. The lowest BCUT2D eigenvalue weighted by Crippen LogP contribution is -2.44. The summed E-state index contributed by atoms with van der Waals surface area (Å²) in [6, 6.07) is 1.85. The minimum absolute atomic E-state index is 0.760. The van der Waals surface area contributed by atoms with Gasteiger partial charge in [-0.25, -0.2) is 0 Å². The second-order valence-corrected chi connectivity index (χ2v) is 13.1. The van der Waals surface area contributed by atoms with E-state index in [1.807, 2.05) is 6.08 Å². The third-order valence-corrected chi connectivity index (χ3v) is 9.73. The maximum Gasteiger partial charge on any atom is 0.504 e. The summed E-state index contributed by atoms with van der Waals surface area (Å²) in [7, 11) is 1.03. The molecule has 0 aromatic rings. The average molecular weight is 299 g/mol. The molecule has 0 unspecified atom stereocenters. The van der Waals surface area contributed by atoms with Gasteiger partial charge < -0.3 is 13.3 Å². The molecule has 0 saturated heterocycles. The van der Waals surface area contributed by atoms with E-state index >= 15 is 0 Å². The molecule has 0 aliphatic heterocycles. The van der Waals surface area contributed by atoms with E-state index in [0.717, 1.165) is 18.5 Å². The largest absolute Gasteiger partial charge is 0.504 e. The molecule has 5 heteroatoms. The highest BCUT2D eigenvalue weighted by molar-refractivity contribution is 6.85. The van der Waals surface area contributed by atoms with Gasteiger partial charge in [0.05, 0.1) is 8.07 Å². The first-order valence-corrected chi connectivity index (χ1v) is 11.7. The normalized spacial score (nSPS) is 16.3. The molecule has 0 aromatic heterocycles. The highest BCUT2D eigenvalue weighted by Gasteiger charge is 2.41. The Balaban J connectivity index is 2.91. The van der Waals surface area contributed by atoms with Crippen molar-refractivity contribution < 1.29 is 13.3 Å². The minimum atomic E-state index is -2.54. The Hall–Kier alpha value is -0.466. The van der Waals surface area contributed by atoms with Crippen molar-refractivity contribution in [1.82, 2.24) is 0 Å². The van der Waals surface area contributed by atoms with Crippen molar-refractivity contribution in [2.24, 2.45) is 0 Å². The van der Waals surface area contributed by atoms with E-state index in [1.54, 1.807) is 21.3 Å². The van der Waals surface area contributed by atoms with Gasteiger partial charge in [-0.1, -0.05) is 36.5 Å². The third kappa shape index (κ3) is 3.76. The first-order chi connectivity index (χ1) is 8.94. The lowest BCUT2D eigenvalue weighted by atomic mass is 10.3. The molecule has 1 aliphatic carbocycles. The predicted octanol–water partition coefficient (Wildman–Crippen LogP) is 3.55. The van der Waals surface area contributed by atoms with E-state index in [-0.39, 0.29) is 0 Å². The molecule has 0 bridgehead atoms. The highest BCUT2D eigenvalue weighted by atomic mass is 28.4. The summed E-state index contributed by atoms with van der Waals surface area (Å²) in [4.78, 5) is 0. The van der Waals surface area contributed by atoms with Gasteiger partial charge in [-0.05, 0) is 18.0 Å². The Morgan fingerprint density at radius 2 is 1.74 bits per heavy atom. The van der Waals surface area contributed by atoms with E-state index in [4.69, 9.17) is 13.3 Å². The Labute approximate surface area is 119 Å². The van der Waals surface area contributed by atoms with Gasteiger partial charge in [0, 0.05) is 27.4 Å². The van der Waals surface area contributed by atoms with Gasteiger partial charge in [0.1, 0.15) is 0 Å². The SMILES string of the molecule is C=CC[Si](C)(C)C1=CCC=C1C[Si](OC)(OC)OC. The summed E-state index contributed by atoms with van der Waals surface area (Å²) in [5.74, 6) is 0. The molecule has 1 rings (SSSR count). The van der Waals surface area contributed by atoms with Crippen LogP contribution in [0, 0.1) is 0 Å². The minimum Gasteiger partial charge on any atom is -0.377 e. The predicted molar refractivity (Wildman–Crippen MR) is 84.9 cm³/mol. The number of allylic oxidation sites excluding steroid dienone is 5. The fraction of sp³-hybridized carbons (Fsp3) is 0.571. The van der Waals surface area contributed by atoms with Gasteiger partial charge in [0.2, 0.25) is 0 Å². The molecule has 0 spiro atoms. The molecule has 3 nitrogen and oxygen atoms in total. The maximum absolute atomic E-state index is 5.54. The maximum atomic E-state index is 5.54. The number of rotatable bonds is 8. The molecule has 0 saturated carbocycles. The Kier molecular flexibility index (Phi) is 5.94. The van der Waals surface area contributed by atoms with Crippen LogP contribution in [-0.4, -0.2) is 38.2 Å². The van der Waals surface area contributed by atoms with E-state index in [0.29, 0.717) is 0 Å². The monoisotopic (exact) mass is 298 g/mol. The molecule has 19 heavy (non-hydrogen) atoms. The molecule has 1 aliphatic rings. The fourth-order valence-electron chi connectivity index (χ4n) is 2.61. The third-order valence-electron chi connectivity index (χ3n) is 3.76. The first kappa shape index (κ1) is 16.6. The van der Waals surface area contributed by atoms with Crippen molar-refractivity contribution in [2.75, 3.05) is 21.3 Å². The summed E-state index contributed by atoms with van der Waals surface area (Å²) < 4.78 is 16.6. The number of hydrogen-bond donors (Lipinski definition) is 0. The molecule has 0 amide bonds. The average Bonchev–Trinajstić information content (AvgIpc) is 2.85. The van der Waals surface area contributed by atoms with Gasteiger partial charge in [-0.2, -0.15) is 0 Å². The van der Waals surface area contributed by atoms with E-state index in [9.17, 15) is 0 Å². The van der Waals surface area contributed by atoms with Crippen LogP contribution in [0.15, 0.2) is 35.6 Å². The summed E-state index contributed by atoms with van der Waals surface area (Å²) in [5.41, 5.74) is 1.36. The highest BCUT2D eigenvalue weighted by Crippen LogP contribution is 2.36. The molecule has 0 N–H and O–H groups in total. The zero-order valence-electron chi connectivity index (χ0n) is 12.8. The summed E-state index contributed by atoms with van der Waals surface area (Å²) in [6.07, 6.45) is 7.69. The molecule has 0 radical (unpaired) electrons. The fourth-order valence-corrected chi connectivity index (χ4v) is 7.19. The van der Waals surface area contributed by atoms with Crippen LogP contribution < -0.4 is 0 Å². The van der Waals surface area contributed by atoms with Gasteiger partial charge in [-0.15, -0.1) is 6.58 Å². The van der Waals surface area contributed by atoms with Crippen LogP contribution in [-0.2, 0) is 13.3 Å². The van der Waals surface area contributed by atoms with Crippen molar-refractivity contribution in [3.05, 3.63) is 35.6 Å². The lowest BCUT2D eigenvalue weighted by molar-refractivity contribution is 0.126. The lowest BCUT2D eigenvalue weighted by Gasteiger charge is -2.30. The topological polar surface area (TPSA) is 27.7 Å². The zero-order chi connectivity index (χ0) is 14.5. The smallest absolute Gasteiger partial charge is 0.377 e. The van der Waals surface area contributed by atoms with Crippen LogP contribution in [0.25, 0.3) is 0 Å². The summed E-state index contributed by atoms with van der Waals surface area (Å²) in [5, 5.41) is 1.51. The van der Waals surface area contributed by atoms with Crippen LogP contribution in [0.5, 0.6) is 0 Å². The second kappa shape index (κ2) is 6.81. The van der Waals surface area contributed by atoms with Crippen molar-refractivity contribution in [1.29, 1.82) is 0 Å². The molecule has 0 heterocycles. The molecular weight excluding hydrogens is 272 g/mol. The molecule has 0 atom stereocenters. The van der Waals surface area contributed by atoms with Crippen molar-refractivity contribution in [2.45, 2.75) is 31.6 Å². The van der Waals surface area contributed by atoms with Crippen LogP contribution in [0.3, 0.4) is 0 Å². The quantitative estimate of drug-likeness (QED) is 0.506. The van der Waals surface area contributed by atoms with E-state index in [1.165, 1.54) is 10.8 Å². The molecule has 0 aromatic carbocycles. The van der Waals surface area contributed by atoms with Crippen LogP contribution in [0.2, 0.25) is 25.2 Å². The van der Waals surface area contributed by atoms with Crippen molar-refractivity contribution in [3.8, 4) is 0 Å². The molecular formula is C14H26O3Si2. The van der Waals surface area contributed by atoms with Crippen molar-refractivity contribution >= 4 is 16.9 Å². The van der Waals surface area contributed by atoms with E-state index in [2.05, 4.69) is 31.8 Å². The van der Waals surface area contributed by atoms with E-state index < -0.39 is 16.9 Å². The van der Waals surface area contributed by atoms with Crippen LogP contribution >= 0.6 is 0 Å². The zero-order valence-corrected chi connectivity index (χ0v) is 14.8. The summed E-state index contributed by atoms with van der Waals surface area (Å²) >= 11 is 0. The van der Waals surface area contributed by atoms with Crippen LogP contribution in [0.4, 0.5) is 0 Å². The van der Waals surface area contributed by atoms with Gasteiger partial charge >= 0.3 is 8.80 Å². The number of hydrogen-bond acceptors (Lipinski definition) is 3. The summed E-state index contributed by atoms with van der Waals surface area (Å²) in [6.45, 7) is 8.66. The Bertz CT molecular complexity index is 374. The van der Waals surface area contributed by atoms with Gasteiger partial charge in [0.25, 0.3) is 0 Å². The van der Waals surface area contributed by atoms with Gasteiger partial charge in [-0.3, -0.25) is 0 Å². The Morgan fingerprint density at radius 3 is 2.21 bits per heavy atom. The molecule has 0 fully saturated rings. The standard InChI is InChI=1S/C14H26O3Si2/c1-7-11-18(5,6)14-10-8-9-13(14)12-19(15-2,16-3)17-4/h7,9-10H,1,8,11-12H2,2-6H3. The second-order valence-electron chi connectivity index (χ2n) is 5.43. The van der Waals surface area contributed by atoms with Crippen molar-refractivity contribution in [3.63, 3.8) is 0 Å². The van der Waals surface area contributed by atoms with Crippen LogP contribution in [0.1, 0.15) is 6.42 Å².